The van der Waals surface area contributed by atoms with Gasteiger partial charge in [0.25, 0.3) is 0 Å². The second-order valence-corrected chi connectivity index (χ2v) is 14.3. The molecule has 0 bridgehead atoms. The lowest BCUT2D eigenvalue weighted by Crippen LogP contribution is -2.40. The van der Waals surface area contributed by atoms with Crippen LogP contribution in [0.25, 0.3) is 20.9 Å². The highest BCUT2D eigenvalue weighted by atomic mass is 35.5. The van der Waals surface area contributed by atoms with Crippen molar-refractivity contribution < 1.29 is 14.7 Å². The summed E-state index contributed by atoms with van der Waals surface area (Å²) in [5.74, 6) is -0.764. The van der Waals surface area contributed by atoms with Gasteiger partial charge in [-0.15, -0.1) is 22.7 Å². The van der Waals surface area contributed by atoms with Gasteiger partial charge in [0.15, 0.2) is 0 Å². The minimum Gasteiger partial charge on any atom is -0.481 e. The molecular formula is C34H35Cl2N3O3S2. The van der Waals surface area contributed by atoms with Crippen LogP contribution >= 0.6 is 45.9 Å². The molecule has 0 aliphatic carbocycles. The minimum atomic E-state index is -0.852. The van der Waals surface area contributed by atoms with Crippen LogP contribution < -0.4 is 5.32 Å². The molecule has 0 fully saturated rings. The Labute approximate surface area is 276 Å². The number of carboxylic acid groups (broad SMARTS) is 1. The van der Waals surface area contributed by atoms with E-state index in [0.29, 0.717) is 11.6 Å². The molecule has 230 valence electrons. The molecule has 2 N–H and O–H groups in total. The summed E-state index contributed by atoms with van der Waals surface area (Å²) in [6.07, 6.45) is 6.35. The number of benzene rings is 2. The van der Waals surface area contributed by atoms with Gasteiger partial charge < -0.3 is 15.0 Å². The second kappa shape index (κ2) is 14.6. The van der Waals surface area contributed by atoms with E-state index in [4.69, 9.17) is 23.2 Å². The largest absolute Gasteiger partial charge is 0.481 e. The second-order valence-electron chi connectivity index (χ2n) is 11.3. The van der Waals surface area contributed by atoms with Gasteiger partial charge in [-0.1, -0.05) is 47.5 Å². The molecule has 0 unspecified atom stereocenters. The number of halogens is 2. The van der Waals surface area contributed by atoms with E-state index in [-0.39, 0.29) is 5.91 Å². The van der Waals surface area contributed by atoms with Crippen LogP contribution in [0.1, 0.15) is 43.9 Å². The lowest BCUT2D eigenvalue weighted by Gasteiger charge is -2.22. The van der Waals surface area contributed by atoms with Crippen molar-refractivity contribution in [2.45, 2.75) is 51.5 Å². The summed E-state index contributed by atoms with van der Waals surface area (Å²) in [4.78, 5) is 32.0. The van der Waals surface area contributed by atoms with Gasteiger partial charge in [-0.05, 0) is 93.8 Å². The zero-order chi connectivity index (χ0) is 31.9. The fourth-order valence-corrected chi connectivity index (χ4v) is 6.68. The number of imidazole rings is 1. The molecule has 5 rings (SSSR count). The van der Waals surface area contributed by atoms with Gasteiger partial charge in [0.2, 0.25) is 5.91 Å². The quantitative estimate of drug-likeness (QED) is 0.145. The Morgan fingerprint density at radius 3 is 1.75 bits per heavy atom. The van der Waals surface area contributed by atoms with Gasteiger partial charge >= 0.3 is 5.97 Å². The van der Waals surface area contributed by atoms with E-state index in [1.807, 2.05) is 91.3 Å². The van der Waals surface area contributed by atoms with Crippen LogP contribution in [0.4, 0.5) is 0 Å². The van der Waals surface area contributed by atoms with Gasteiger partial charge in [0.05, 0.1) is 17.2 Å². The lowest BCUT2D eigenvalue weighted by molar-refractivity contribution is -0.142. The van der Waals surface area contributed by atoms with Crippen molar-refractivity contribution in [3.05, 3.63) is 111 Å². The number of carbonyl (C=O) groups excluding carboxylic acids is 1. The first-order valence-corrected chi connectivity index (χ1v) is 16.5. The SMILES string of the molecule is CC(C)(C(=O)NCCCn1ccnc1)c1ccc(-c2ccc(Cl)cc2)s1.CC(C)(C(=O)O)c1ccc(-c2ccc(Cl)cc2)s1. The number of hydrogen-bond donors (Lipinski definition) is 2. The third-order valence-electron chi connectivity index (χ3n) is 7.24. The van der Waals surface area contributed by atoms with E-state index in [9.17, 15) is 14.7 Å². The van der Waals surface area contributed by atoms with Crippen LogP contribution in [0, 0.1) is 0 Å². The number of aromatic nitrogens is 2. The molecule has 5 aromatic rings. The Kier molecular flexibility index (Phi) is 11.1. The Balaban J connectivity index is 0.000000215. The van der Waals surface area contributed by atoms with Crippen LogP contribution in [0.5, 0.6) is 0 Å². The molecular weight excluding hydrogens is 633 g/mol. The molecule has 0 aliphatic rings. The maximum Gasteiger partial charge on any atom is 0.314 e. The lowest BCUT2D eigenvalue weighted by atomic mass is 9.90. The topological polar surface area (TPSA) is 84.2 Å². The summed E-state index contributed by atoms with van der Waals surface area (Å²) in [5, 5.41) is 13.7. The maximum absolute atomic E-state index is 12.7. The first-order valence-electron chi connectivity index (χ1n) is 14.1. The van der Waals surface area contributed by atoms with E-state index in [1.54, 1.807) is 37.7 Å². The van der Waals surface area contributed by atoms with Crippen LogP contribution in [0.15, 0.2) is 91.5 Å². The van der Waals surface area contributed by atoms with Crippen LogP contribution in [-0.2, 0) is 27.0 Å². The molecule has 6 nitrogen and oxygen atoms in total. The first kappa shape index (κ1) is 33.5. The zero-order valence-electron chi connectivity index (χ0n) is 25.0. The molecule has 3 heterocycles. The average molecular weight is 669 g/mol. The van der Waals surface area contributed by atoms with Crippen molar-refractivity contribution in [2.75, 3.05) is 6.54 Å². The summed E-state index contributed by atoms with van der Waals surface area (Å²) in [5.41, 5.74) is 0.749. The highest BCUT2D eigenvalue weighted by Crippen LogP contribution is 2.37. The molecule has 3 aromatic heterocycles. The predicted octanol–water partition coefficient (Wildman–Crippen LogP) is 9.18. The summed E-state index contributed by atoms with van der Waals surface area (Å²) in [6.45, 7) is 8.86. The fraction of sp³-hybridized carbons (Fsp3) is 0.265. The van der Waals surface area contributed by atoms with Gasteiger partial charge in [-0.3, -0.25) is 9.59 Å². The Morgan fingerprint density at radius 1 is 0.795 bits per heavy atom. The van der Waals surface area contributed by atoms with Gasteiger partial charge in [-0.2, -0.15) is 0 Å². The highest BCUT2D eigenvalue weighted by Gasteiger charge is 2.32. The number of thiophene rings is 2. The number of rotatable bonds is 10. The van der Waals surface area contributed by atoms with E-state index < -0.39 is 16.8 Å². The third kappa shape index (κ3) is 8.39. The number of carboxylic acids is 1. The number of nitrogens with one attached hydrogen (secondary N) is 1. The molecule has 1 amide bonds. The molecule has 0 aliphatic heterocycles. The molecule has 0 radical (unpaired) electrons. The van der Waals surface area contributed by atoms with Crippen molar-refractivity contribution >= 4 is 57.8 Å². The van der Waals surface area contributed by atoms with Crippen molar-refractivity contribution in [2.24, 2.45) is 0 Å². The number of nitrogens with zero attached hydrogens (tertiary/aromatic N) is 2. The van der Waals surface area contributed by atoms with E-state index in [0.717, 1.165) is 48.6 Å². The van der Waals surface area contributed by atoms with Crippen molar-refractivity contribution in [3.8, 4) is 20.9 Å². The normalized spacial score (nSPS) is 11.5. The molecule has 0 atom stereocenters. The predicted molar refractivity (Wildman–Crippen MR) is 183 cm³/mol. The van der Waals surface area contributed by atoms with Crippen LogP contribution in [0.2, 0.25) is 10.0 Å². The highest BCUT2D eigenvalue weighted by molar-refractivity contribution is 7.16. The van der Waals surface area contributed by atoms with Crippen molar-refractivity contribution in [1.29, 1.82) is 0 Å². The average Bonchev–Trinajstić information content (AvgIpc) is 3.79. The minimum absolute atomic E-state index is 0.0487. The van der Waals surface area contributed by atoms with E-state index in [2.05, 4.69) is 16.4 Å². The molecule has 10 heteroatoms. The first-order chi connectivity index (χ1) is 20.9. The molecule has 0 spiro atoms. The Bertz CT molecular complexity index is 1670. The van der Waals surface area contributed by atoms with Gasteiger partial charge in [-0.25, -0.2) is 4.98 Å². The Morgan fingerprint density at radius 2 is 1.30 bits per heavy atom. The van der Waals surface area contributed by atoms with Crippen LogP contribution in [0.3, 0.4) is 0 Å². The number of aliphatic carboxylic acids is 1. The van der Waals surface area contributed by atoms with E-state index >= 15 is 0 Å². The van der Waals surface area contributed by atoms with Crippen molar-refractivity contribution in [3.63, 3.8) is 0 Å². The number of carbonyl (C=O) groups is 2. The summed E-state index contributed by atoms with van der Waals surface area (Å²) >= 11 is 15.0. The zero-order valence-corrected chi connectivity index (χ0v) is 28.2. The standard InChI is InChI=1S/C20H22ClN3OS.C14H13ClO2S/c1-20(2,19(25)23-10-3-12-24-13-11-22-14-24)18-9-8-17(26-18)15-4-6-16(21)7-5-15;1-14(2,13(16)17)12-8-7-11(18-12)9-3-5-10(15)6-4-9/h4-9,11,13-14H,3,10,12H2,1-2H3,(H,23,25);3-8H,1-2H3,(H,16,17). The molecule has 2 aromatic carbocycles. The number of amides is 1. The molecule has 44 heavy (non-hydrogen) atoms. The van der Waals surface area contributed by atoms with Gasteiger partial charge in [0.1, 0.15) is 0 Å². The van der Waals surface area contributed by atoms with Gasteiger partial charge in [0, 0.05) is 55.0 Å². The maximum atomic E-state index is 12.7. The fourth-order valence-electron chi connectivity index (χ4n) is 4.21. The monoisotopic (exact) mass is 667 g/mol. The summed E-state index contributed by atoms with van der Waals surface area (Å²) < 4.78 is 2.01. The van der Waals surface area contributed by atoms with E-state index in [1.165, 1.54) is 11.3 Å². The molecule has 0 saturated heterocycles. The number of aryl methyl sites for hydroxylation is 1. The smallest absolute Gasteiger partial charge is 0.314 e. The Hall–Kier alpha value is -3.43. The van der Waals surface area contributed by atoms with Crippen LogP contribution in [-0.4, -0.2) is 33.1 Å². The summed E-state index contributed by atoms with van der Waals surface area (Å²) in [7, 11) is 0. The molecule has 0 saturated carbocycles. The summed E-state index contributed by atoms with van der Waals surface area (Å²) in [6, 6.07) is 23.2. The number of hydrogen-bond acceptors (Lipinski definition) is 5. The third-order valence-corrected chi connectivity index (χ3v) is 10.7. The van der Waals surface area contributed by atoms with Crippen molar-refractivity contribution in [1.82, 2.24) is 14.9 Å².